The summed E-state index contributed by atoms with van der Waals surface area (Å²) in [6, 6.07) is 1.77. The highest BCUT2D eigenvalue weighted by atomic mass is 32.2. The first-order valence-corrected chi connectivity index (χ1v) is 10.8. The van der Waals surface area contributed by atoms with E-state index in [-0.39, 0.29) is 23.5 Å². The van der Waals surface area contributed by atoms with Crippen molar-refractivity contribution in [1.29, 1.82) is 0 Å². The van der Waals surface area contributed by atoms with Crippen LogP contribution < -0.4 is 16.1 Å². The lowest BCUT2D eigenvalue weighted by atomic mass is 10.2. The first-order valence-electron chi connectivity index (χ1n) is 9.83. The Labute approximate surface area is 177 Å². The minimum atomic E-state index is -0.389. The number of thioether (sulfide) groups is 1. The zero-order valence-electron chi connectivity index (χ0n) is 17.5. The van der Waals surface area contributed by atoms with Gasteiger partial charge in [-0.05, 0) is 19.9 Å². The molecule has 3 aromatic heterocycles. The fourth-order valence-corrected chi connectivity index (χ4v) is 4.54. The van der Waals surface area contributed by atoms with Gasteiger partial charge >= 0.3 is 5.69 Å². The molecule has 0 unspecified atom stereocenters. The van der Waals surface area contributed by atoms with Crippen molar-refractivity contribution in [3.8, 4) is 0 Å². The Balaban J connectivity index is 1.78. The topological polar surface area (TPSA) is 100 Å². The smallest absolute Gasteiger partial charge is 0.332 e. The average molecular weight is 432 g/mol. The van der Waals surface area contributed by atoms with Crippen LogP contribution in [-0.4, -0.2) is 59.7 Å². The highest BCUT2D eigenvalue weighted by Crippen LogP contribution is 2.24. The molecular weight excluding hydrogens is 406 g/mol. The number of rotatable bonds is 5. The standard InChI is InChI=1S/C19H25N7O3S/c1-12-10-25(11-13(2)29-12)18-22-15-14(16(27)24(4)19(28)23(15)3)26(18)8-9-30-17-20-6-5-7-21-17/h5-7,12-13H,8-11H2,1-4H3/t12-,13-/m0/s1. The molecule has 10 nitrogen and oxygen atoms in total. The van der Waals surface area contributed by atoms with Crippen molar-refractivity contribution in [2.45, 2.75) is 37.8 Å². The molecule has 0 amide bonds. The van der Waals surface area contributed by atoms with Gasteiger partial charge in [-0.3, -0.25) is 13.9 Å². The number of anilines is 1. The van der Waals surface area contributed by atoms with E-state index in [0.717, 1.165) is 4.57 Å². The molecule has 0 aliphatic carbocycles. The lowest BCUT2D eigenvalue weighted by Crippen LogP contribution is -2.46. The van der Waals surface area contributed by atoms with E-state index >= 15 is 0 Å². The molecule has 0 spiro atoms. The van der Waals surface area contributed by atoms with Crippen LogP contribution in [0.5, 0.6) is 0 Å². The van der Waals surface area contributed by atoms with Crippen LogP contribution >= 0.6 is 11.8 Å². The van der Waals surface area contributed by atoms with E-state index in [1.54, 1.807) is 25.5 Å². The van der Waals surface area contributed by atoms with Crippen LogP contribution in [0.2, 0.25) is 0 Å². The summed E-state index contributed by atoms with van der Waals surface area (Å²) >= 11 is 1.51. The quantitative estimate of drug-likeness (QED) is 0.428. The van der Waals surface area contributed by atoms with Gasteiger partial charge in [-0.25, -0.2) is 14.8 Å². The zero-order chi connectivity index (χ0) is 21.4. The number of ether oxygens (including phenoxy) is 1. The van der Waals surface area contributed by atoms with E-state index in [2.05, 4.69) is 14.9 Å². The zero-order valence-corrected chi connectivity index (χ0v) is 18.3. The number of hydrogen-bond donors (Lipinski definition) is 0. The molecule has 0 saturated carbocycles. The maximum atomic E-state index is 13.0. The van der Waals surface area contributed by atoms with E-state index in [0.29, 0.717) is 47.7 Å². The van der Waals surface area contributed by atoms with Gasteiger partial charge in [0.2, 0.25) is 5.95 Å². The number of morpholine rings is 1. The third kappa shape index (κ3) is 3.74. The Morgan fingerprint density at radius 3 is 2.43 bits per heavy atom. The van der Waals surface area contributed by atoms with Gasteiger partial charge in [0.1, 0.15) is 0 Å². The Bertz CT molecular complexity index is 1160. The molecule has 11 heteroatoms. The van der Waals surface area contributed by atoms with E-state index in [1.165, 1.54) is 23.4 Å². The van der Waals surface area contributed by atoms with Gasteiger partial charge in [0.05, 0.1) is 12.2 Å². The monoisotopic (exact) mass is 431 g/mol. The number of hydrogen-bond acceptors (Lipinski definition) is 8. The van der Waals surface area contributed by atoms with Crippen molar-refractivity contribution in [3.63, 3.8) is 0 Å². The lowest BCUT2D eigenvalue weighted by Gasteiger charge is -2.36. The molecule has 30 heavy (non-hydrogen) atoms. The van der Waals surface area contributed by atoms with Gasteiger partial charge in [-0.15, -0.1) is 0 Å². The molecule has 2 atom stereocenters. The second-order valence-corrected chi connectivity index (χ2v) is 8.55. The van der Waals surface area contributed by atoms with Gasteiger partial charge in [0.15, 0.2) is 16.3 Å². The van der Waals surface area contributed by atoms with Crippen LogP contribution in [0.25, 0.3) is 11.2 Å². The van der Waals surface area contributed by atoms with Gasteiger partial charge in [-0.2, -0.15) is 4.98 Å². The Hall–Kier alpha value is -2.66. The summed E-state index contributed by atoms with van der Waals surface area (Å²) in [5.41, 5.74) is 0.0866. The predicted octanol–water partition coefficient (Wildman–Crippen LogP) is 0.630. The SMILES string of the molecule is C[C@H]1CN(c2nc3c(c(=O)n(C)c(=O)n3C)n2CCSc2ncccn2)C[C@H](C)O1. The molecule has 0 aromatic carbocycles. The summed E-state index contributed by atoms with van der Waals surface area (Å²) in [5, 5.41) is 0.678. The molecular formula is C19H25N7O3S. The second-order valence-electron chi connectivity index (χ2n) is 7.48. The summed E-state index contributed by atoms with van der Waals surface area (Å²) in [4.78, 5) is 40.8. The number of aromatic nitrogens is 6. The van der Waals surface area contributed by atoms with E-state index in [1.807, 2.05) is 18.4 Å². The van der Waals surface area contributed by atoms with Crippen LogP contribution in [0, 0.1) is 0 Å². The summed E-state index contributed by atoms with van der Waals surface area (Å²) < 4.78 is 10.3. The van der Waals surface area contributed by atoms with Gasteiger partial charge in [0, 0.05) is 51.9 Å². The lowest BCUT2D eigenvalue weighted by molar-refractivity contribution is -0.00586. The Morgan fingerprint density at radius 1 is 1.10 bits per heavy atom. The maximum absolute atomic E-state index is 13.0. The van der Waals surface area contributed by atoms with E-state index < -0.39 is 0 Å². The first-order chi connectivity index (χ1) is 14.4. The molecule has 1 aliphatic heterocycles. The molecule has 1 fully saturated rings. The molecule has 4 rings (SSSR count). The molecule has 1 saturated heterocycles. The van der Waals surface area contributed by atoms with Crippen LogP contribution in [0.3, 0.4) is 0 Å². The minimum absolute atomic E-state index is 0.0424. The van der Waals surface area contributed by atoms with Crippen LogP contribution in [-0.2, 0) is 25.4 Å². The summed E-state index contributed by atoms with van der Waals surface area (Å²) in [7, 11) is 3.13. The highest BCUT2D eigenvalue weighted by molar-refractivity contribution is 7.99. The minimum Gasteiger partial charge on any atom is -0.372 e. The summed E-state index contributed by atoms with van der Waals surface area (Å²) in [6.07, 6.45) is 3.49. The first kappa shape index (κ1) is 20.6. The van der Waals surface area contributed by atoms with Crippen LogP contribution in [0.1, 0.15) is 13.8 Å². The normalized spacial score (nSPS) is 19.5. The van der Waals surface area contributed by atoms with Crippen molar-refractivity contribution >= 4 is 28.9 Å². The molecule has 4 heterocycles. The molecule has 0 bridgehead atoms. The molecule has 0 radical (unpaired) electrons. The van der Waals surface area contributed by atoms with E-state index in [9.17, 15) is 9.59 Å². The Kier molecular flexibility index (Phi) is 5.65. The third-order valence-electron chi connectivity index (χ3n) is 5.12. The van der Waals surface area contributed by atoms with Crippen molar-refractivity contribution < 1.29 is 4.74 Å². The Morgan fingerprint density at radius 2 is 1.77 bits per heavy atom. The third-order valence-corrected chi connectivity index (χ3v) is 5.97. The van der Waals surface area contributed by atoms with Crippen molar-refractivity contribution in [1.82, 2.24) is 28.7 Å². The maximum Gasteiger partial charge on any atom is 0.332 e. The number of nitrogens with zero attached hydrogens (tertiary/aromatic N) is 7. The molecule has 160 valence electrons. The number of aryl methyl sites for hydroxylation is 2. The molecule has 0 N–H and O–H groups in total. The van der Waals surface area contributed by atoms with Crippen LogP contribution in [0.4, 0.5) is 5.95 Å². The van der Waals surface area contributed by atoms with Gasteiger partial charge in [-0.1, -0.05) is 11.8 Å². The van der Waals surface area contributed by atoms with E-state index in [4.69, 9.17) is 9.72 Å². The fraction of sp³-hybridized carbons (Fsp3) is 0.526. The van der Waals surface area contributed by atoms with Crippen LogP contribution in [0.15, 0.2) is 33.2 Å². The van der Waals surface area contributed by atoms with Crippen molar-refractivity contribution in [2.24, 2.45) is 14.1 Å². The second kappa shape index (κ2) is 8.23. The van der Waals surface area contributed by atoms with Crippen molar-refractivity contribution in [3.05, 3.63) is 39.3 Å². The largest absolute Gasteiger partial charge is 0.372 e. The van der Waals surface area contributed by atoms with Crippen molar-refractivity contribution in [2.75, 3.05) is 23.7 Å². The number of fused-ring (bicyclic) bond motifs is 1. The molecule has 3 aromatic rings. The fourth-order valence-electron chi connectivity index (χ4n) is 3.82. The highest BCUT2D eigenvalue weighted by Gasteiger charge is 2.28. The van der Waals surface area contributed by atoms with Gasteiger partial charge in [0.25, 0.3) is 5.56 Å². The average Bonchev–Trinajstić information content (AvgIpc) is 3.10. The number of imidazole rings is 1. The summed E-state index contributed by atoms with van der Waals surface area (Å²) in [6.45, 7) is 5.90. The predicted molar refractivity (Wildman–Crippen MR) is 115 cm³/mol. The summed E-state index contributed by atoms with van der Waals surface area (Å²) in [5.74, 6) is 1.34. The molecule has 1 aliphatic rings. The van der Waals surface area contributed by atoms with Gasteiger partial charge < -0.3 is 14.2 Å².